The van der Waals surface area contributed by atoms with Gasteiger partial charge in [-0.1, -0.05) is 12.8 Å². The van der Waals surface area contributed by atoms with E-state index in [1.165, 1.54) is 25.7 Å². The molecule has 4 nitrogen and oxygen atoms in total. The number of carbonyl (C=O) groups is 1. The third kappa shape index (κ3) is 2.55. The Morgan fingerprint density at radius 2 is 2.25 bits per heavy atom. The summed E-state index contributed by atoms with van der Waals surface area (Å²) in [4.78, 5) is 11.9. The van der Waals surface area contributed by atoms with Gasteiger partial charge in [-0.05, 0) is 32.1 Å². The SMILES string of the molecule is C[C@@H](CO)NC(=O)C1CC2CCCCC2N1. The molecule has 1 amide bonds. The molecule has 2 aliphatic rings. The maximum atomic E-state index is 11.9. The van der Waals surface area contributed by atoms with E-state index in [2.05, 4.69) is 10.6 Å². The zero-order valence-electron chi connectivity index (χ0n) is 9.91. The smallest absolute Gasteiger partial charge is 0.237 e. The van der Waals surface area contributed by atoms with Crippen LogP contribution in [0, 0.1) is 5.92 Å². The summed E-state index contributed by atoms with van der Waals surface area (Å²) in [5, 5.41) is 15.2. The van der Waals surface area contributed by atoms with Crippen molar-refractivity contribution in [2.45, 2.75) is 57.2 Å². The molecule has 1 saturated heterocycles. The largest absolute Gasteiger partial charge is 0.394 e. The second-order valence-corrected chi connectivity index (χ2v) is 5.20. The van der Waals surface area contributed by atoms with Crippen LogP contribution in [-0.2, 0) is 4.79 Å². The quantitative estimate of drug-likeness (QED) is 0.653. The third-order valence-corrected chi connectivity index (χ3v) is 3.84. The van der Waals surface area contributed by atoms with Crippen LogP contribution in [0.4, 0.5) is 0 Å². The highest BCUT2D eigenvalue weighted by atomic mass is 16.3. The number of rotatable bonds is 3. The van der Waals surface area contributed by atoms with Crippen molar-refractivity contribution in [2.75, 3.05) is 6.61 Å². The monoisotopic (exact) mass is 226 g/mol. The van der Waals surface area contributed by atoms with Crippen LogP contribution in [0.1, 0.15) is 39.0 Å². The molecular weight excluding hydrogens is 204 g/mol. The fourth-order valence-electron chi connectivity index (χ4n) is 2.91. The van der Waals surface area contributed by atoms with Gasteiger partial charge in [0.25, 0.3) is 0 Å². The summed E-state index contributed by atoms with van der Waals surface area (Å²) in [6.07, 6.45) is 6.04. The predicted molar refractivity (Wildman–Crippen MR) is 62.0 cm³/mol. The van der Waals surface area contributed by atoms with Gasteiger partial charge in [-0.25, -0.2) is 0 Å². The lowest BCUT2D eigenvalue weighted by molar-refractivity contribution is -0.123. The minimum atomic E-state index is -0.142. The molecule has 2 fully saturated rings. The molecule has 1 heterocycles. The summed E-state index contributed by atoms with van der Waals surface area (Å²) in [5.41, 5.74) is 0. The average molecular weight is 226 g/mol. The lowest BCUT2D eigenvalue weighted by Crippen LogP contribution is -2.46. The first-order chi connectivity index (χ1) is 7.70. The highest BCUT2D eigenvalue weighted by Crippen LogP contribution is 2.33. The molecule has 4 heteroatoms. The molecule has 0 aromatic rings. The summed E-state index contributed by atoms with van der Waals surface area (Å²) >= 11 is 0. The van der Waals surface area contributed by atoms with E-state index >= 15 is 0 Å². The van der Waals surface area contributed by atoms with Crippen molar-refractivity contribution in [3.05, 3.63) is 0 Å². The van der Waals surface area contributed by atoms with Crippen molar-refractivity contribution in [3.8, 4) is 0 Å². The molecule has 92 valence electrons. The molecule has 0 spiro atoms. The van der Waals surface area contributed by atoms with Gasteiger partial charge in [-0.3, -0.25) is 4.79 Å². The zero-order valence-corrected chi connectivity index (χ0v) is 9.91. The van der Waals surface area contributed by atoms with Crippen LogP contribution in [0.25, 0.3) is 0 Å². The van der Waals surface area contributed by atoms with Gasteiger partial charge in [0.15, 0.2) is 0 Å². The Morgan fingerprint density at radius 1 is 1.50 bits per heavy atom. The Bertz CT molecular complexity index is 243. The van der Waals surface area contributed by atoms with E-state index in [0.29, 0.717) is 12.0 Å². The molecule has 0 aromatic carbocycles. The zero-order chi connectivity index (χ0) is 11.5. The van der Waals surface area contributed by atoms with Crippen molar-refractivity contribution >= 4 is 5.91 Å². The molecule has 3 unspecified atom stereocenters. The molecule has 3 N–H and O–H groups in total. The van der Waals surface area contributed by atoms with Crippen LogP contribution >= 0.6 is 0 Å². The highest BCUT2D eigenvalue weighted by Gasteiger charge is 2.38. The Balaban J connectivity index is 1.85. The second kappa shape index (κ2) is 5.15. The van der Waals surface area contributed by atoms with Gasteiger partial charge in [0.1, 0.15) is 0 Å². The molecule has 16 heavy (non-hydrogen) atoms. The van der Waals surface area contributed by atoms with Crippen molar-refractivity contribution in [2.24, 2.45) is 5.92 Å². The molecule has 2 rings (SSSR count). The van der Waals surface area contributed by atoms with Gasteiger partial charge in [-0.2, -0.15) is 0 Å². The first-order valence-electron chi connectivity index (χ1n) is 6.38. The van der Waals surface area contributed by atoms with Crippen LogP contribution < -0.4 is 10.6 Å². The average Bonchev–Trinajstić information content (AvgIpc) is 2.72. The van der Waals surface area contributed by atoms with Crippen LogP contribution in [-0.4, -0.2) is 35.7 Å². The summed E-state index contributed by atoms with van der Waals surface area (Å²) in [7, 11) is 0. The minimum Gasteiger partial charge on any atom is -0.394 e. The van der Waals surface area contributed by atoms with E-state index in [-0.39, 0.29) is 24.6 Å². The standard InChI is InChI=1S/C12H22N2O2/c1-8(7-15)13-12(16)11-6-9-4-2-3-5-10(9)14-11/h8-11,14-15H,2-7H2,1H3,(H,13,16)/t8-,9?,10?,11?/m0/s1. The molecule has 1 saturated carbocycles. The topological polar surface area (TPSA) is 61.4 Å². The Morgan fingerprint density at radius 3 is 2.94 bits per heavy atom. The third-order valence-electron chi connectivity index (χ3n) is 3.84. The molecular formula is C12H22N2O2. The summed E-state index contributed by atoms with van der Waals surface area (Å²) in [6.45, 7) is 1.82. The summed E-state index contributed by atoms with van der Waals surface area (Å²) < 4.78 is 0. The maximum absolute atomic E-state index is 11.9. The Labute approximate surface area is 96.8 Å². The van der Waals surface area contributed by atoms with Crippen LogP contribution in [0.15, 0.2) is 0 Å². The predicted octanol–water partition coefficient (Wildman–Crippen LogP) is 0.404. The lowest BCUT2D eigenvalue weighted by atomic mass is 9.85. The van der Waals surface area contributed by atoms with E-state index in [9.17, 15) is 4.79 Å². The van der Waals surface area contributed by atoms with E-state index in [4.69, 9.17) is 5.11 Å². The maximum Gasteiger partial charge on any atom is 0.237 e. The fraction of sp³-hybridized carbons (Fsp3) is 0.917. The minimum absolute atomic E-state index is 0.00527. The van der Waals surface area contributed by atoms with Crippen molar-refractivity contribution in [3.63, 3.8) is 0 Å². The highest BCUT2D eigenvalue weighted by molar-refractivity contribution is 5.82. The fourth-order valence-corrected chi connectivity index (χ4v) is 2.91. The van der Waals surface area contributed by atoms with Gasteiger partial charge < -0.3 is 15.7 Å². The molecule has 1 aliphatic carbocycles. The number of hydrogen-bond donors (Lipinski definition) is 3. The second-order valence-electron chi connectivity index (χ2n) is 5.20. The first kappa shape index (κ1) is 11.9. The molecule has 0 radical (unpaired) electrons. The van der Waals surface area contributed by atoms with Crippen molar-refractivity contribution < 1.29 is 9.90 Å². The Hall–Kier alpha value is -0.610. The summed E-state index contributed by atoms with van der Waals surface area (Å²) in [6, 6.07) is 0.368. The molecule has 1 aliphatic heterocycles. The molecule has 4 atom stereocenters. The van der Waals surface area contributed by atoms with Gasteiger partial charge in [0, 0.05) is 12.1 Å². The van der Waals surface area contributed by atoms with Gasteiger partial charge in [0.2, 0.25) is 5.91 Å². The van der Waals surface area contributed by atoms with E-state index in [0.717, 1.165) is 6.42 Å². The molecule has 0 bridgehead atoms. The van der Waals surface area contributed by atoms with E-state index in [1.54, 1.807) is 0 Å². The van der Waals surface area contributed by atoms with Gasteiger partial charge in [0.05, 0.1) is 12.6 Å². The number of nitrogens with one attached hydrogen (secondary N) is 2. The summed E-state index contributed by atoms with van der Waals surface area (Å²) in [5.74, 6) is 0.741. The van der Waals surface area contributed by atoms with E-state index in [1.807, 2.05) is 6.92 Å². The van der Waals surface area contributed by atoms with Crippen LogP contribution in [0.3, 0.4) is 0 Å². The number of amides is 1. The normalized spacial score (nSPS) is 35.5. The first-order valence-corrected chi connectivity index (χ1v) is 6.38. The lowest BCUT2D eigenvalue weighted by Gasteiger charge is -2.24. The van der Waals surface area contributed by atoms with Gasteiger partial charge in [-0.15, -0.1) is 0 Å². The van der Waals surface area contributed by atoms with Crippen molar-refractivity contribution in [1.82, 2.24) is 10.6 Å². The van der Waals surface area contributed by atoms with Gasteiger partial charge >= 0.3 is 0 Å². The molecule has 0 aromatic heterocycles. The van der Waals surface area contributed by atoms with Crippen LogP contribution in [0.2, 0.25) is 0 Å². The number of hydrogen-bond acceptors (Lipinski definition) is 3. The number of aliphatic hydroxyl groups excluding tert-OH is 1. The number of aliphatic hydroxyl groups is 1. The number of fused-ring (bicyclic) bond motifs is 1. The number of carbonyl (C=O) groups excluding carboxylic acids is 1. The Kier molecular flexibility index (Phi) is 3.82. The van der Waals surface area contributed by atoms with E-state index < -0.39 is 0 Å². The van der Waals surface area contributed by atoms with Crippen molar-refractivity contribution in [1.29, 1.82) is 0 Å². The van der Waals surface area contributed by atoms with Crippen LogP contribution in [0.5, 0.6) is 0 Å².